The van der Waals surface area contributed by atoms with Gasteiger partial charge in [0.05, 0.1) is 29.4 Å². The Morgan fingerprint density at radius 3 is 2.57 bits per heavy atom. The van der Waals surface area contributed by atoms with E-state index in [1.54, 1.807) is 11.9 Å². The van der Waals surface area contributed by atoms with Gasteiger partial charge >= 0.3 is 6.03 Å². The number of aryl methyl sites for hydroxylation is 2. The SMILES string of the molecule is Cc1ccc(C2NC(SCC(=O)N3CCCc4ccccc43)C3C(=O)N(C)C(=O)N(C)C3N2)cc1. The lowest BCUT2D eigenvalue weighted by Gasteiger charge is -2.50. The second-order valence-electron chi connectivity index (χ2n) is 9.45. The zero-order chi connectivity index (χ0) is 24.7. The molecule has 0 aliphatic carbocycles. The van der Waals surface area contributed by atoms with E-state index in [1.807, 2.05) is 54.3 Å². The maximum atomic E-state index is 13.3. The van der Waals surface area contributed by atoms with Gasteiger partial charge < -0.3 is 9.80 Å². The molecule has 4 atom stereocenters. The first kappa shape index (κ1) is 23.8. The lowest BCUT2D eigenvalue weighted by Crippen LogP contribution is -2.72. The van der Waals surface area contributed by atoms with E-state index in [2.05, 4.69) is 16.7 Å². The van der Waals surface area contributed by atoms with Gasteiger partial charge in [0.1, 0.15) is 0 Å². The summed E-state index contributed by atoms with van der Waals surface area (Å²) in [6.45, 7) is 2.74. The minimum absolute atomic E-state index is 0.0342. The second kappa shape index (κ2) is 9.64. The molecule has 2 aromatic rings. The van der Waals surface area contributed by atoms with Crippen molar-refractivity contribution in [1.82, 2.24) is 20.4 Å². The van der Waals surface area contributed by atoms with Gasteiger partial charge in [0.15, 0.2) is 0 Å². The molecule has 4 amide bonds. The highest BCUT2D eigenvalue weighted by Gasteiger charge is 2.51. The molecule has 35 heavy (non-hydrogen) atoms. The van der Waals surface area contributed by atoms with Crippen LogP contribution in [0.15, 0.2) is 48.5 Å². The number of amides is 4. The number of carbonyl (C=O) groups excluding carboxylic acids is 3. The average Bonchev–Trinajstić information content (AvgIpc) is 2.88. The number of thioether (sulfide) groups is 1. The maximum Gasteiger partial charge on any atom is 0.327 e. The zero-order valence-electron chi connectivity index (χ0n) is 20.2. The number of carbonyl (C=O) groups is 3. The van der Waals surface area contributed by atoms with Crippen LogP contribution in [0.25, 0.3) is 0 Å². The number of nitrogens with zero attached hydrogens (tertiary/aromatic N) is 3. The Labute approximate surface area is 210 Å². The van der Waals surface area contributed by atoms with E-state index >= 15 is 0 Å². The summed E-state index contributed by atoms with van der Waals surface area (Å²) in [6, 6.07) is 15.9. The Morgan fingerprint density at radius 2 is 1.80 bits per heavy atom. The van der Waals surface area contributed by atoms with Crippen LogP contribution >= 0.6 is 11.8 Å². The number of anilines is 1. The molecule has 9 heteroatoms. The highest BCUT2D eigenvalue weighted by atomic mass is 32.2. The molecule has 2 aromatic carbocycles. The highest BCUT2D eigenvalue weighted by molar-refractivity contribution is 8.00. The molecule has 0 spiro atoms. The standard InChI is InChI=1S/C26H31N5O3S/c1-16-10-12-18(13-11-16)22-27-23-21(25(33)30(3)26(34)29(23)2)24(28-22)35-15-20(32)31-14-6-8-17-7-4-5-9-19(17)31/h4-5,7,9-13,21-24,27-28H,6,8,14-15H2,1-3H3. The van der Waals surface area contributed by atoms with Gasteiger partial charge in [0.2, 0.25) is 11.8 Å². The summed E-state index contributed by atoms with van der Waals surface area (Å²) in [4.78, 5) is 43.8. The van der Waals surface area contributed by atoms with E-state index in [0.29, 0.717) is 6.54 Å². The normalized spacial score (nSPS) is 26.4. The number of benzene rings is 2. The third-order valence-corrected chi connectivity index (χ3v) is 8.37. The molecule has 2 fully saturated rings. The van der Waals surface area contributed by atoms with Gasteiger partial charge in [0.25, 0.3) is 0 Å². The van der Waals surface area contributed by atoms with Crippen molar-refractivity contribution in [3.63, 3.8) is 0 Å². The first-order valence-corrected chi connectivity index (χ1v) is 13.0. The molecule has 3 aliphatic rings. The Hall–Kier alpha value is -2.88. The Morgan fingerprint density at radius 1 is 1.06 bits per heavy atom. The van der Waals surface area contributed by atoms with Crippen LogP contribution in [0.5, 0.6) is 0 Å². The van der Waals surface area contributed by atoms with E-state index in [-0.39, 0.29) is 35.1 Å². The van der Waals surface area contributed by atoms with Gasteiger partial charge in [-0.3, -0.25) is 25.1 Å². The lowest BCUT2D eigenvalue weighted by molar-refractivity contribution is -0.140. The Kier molecular flexibility index (Phi) is 6.57. The fourth-order valence-corrected chi connectivity index (χ4v) is 6.36. The first-order valence-electron chi connectivity index (χ1n) is 12.0. The molecule has 2 N–H and O–H groups in total. The third-order valence-electron chi connectivity index (χ3n) is 7.16. The van der Waals surface area contributed by atoms with Crippen LogP contribution in [-0.4, -0.2) is 65.6 Å². The molecule has 0 aromatic heterocycles. The van der Waals surface area contributed by atoms with Crippen LogP contribution in [0, 0.1) is 12.8 Å². The van der Waals surface area contributed by atoms with Gasteiger partial charge in [-0.1, -0.05) is 48.0 Å². The first-order chi connectivity index (χ1) is 16.8. The van der Waals surface area contributed by atoms with E-state index in [9.17, 15) is 14.4 Å². The summed E-state index contributed by atoms with van der Waals surface area (Å²) in [5.41, 5.74) is 4.35. The highest BCUT2D eigenvalue weighted by Crippen LogP contribution is 2.35. The Bertz CT molecular complexity index is 1140. The number of imide groups is 1. The predicted molar refractivity (Wildman–Crippen MR) is 137 cm³/mol. The molecule has 0 bridgehead atoms. The smallest absolute Gasteiger partial charge is 0.311 e. The molecule has 0 saturated carbocycles. The van der Waals surface area contributed by atoms with Gasteiger partial charge in [-0.15, -0.1) is 11.8 Å². The summed E-state index contributed by atoms with van der Waals surface area (Å²) < 4.78 is 0. The van der Waals surface area contributed by atoms with Crippen molar-refractivity contribution in [2.45, 2.75) is 37.5 Å². The molecule has 5 rings (SSSR count). The topological polar surface area (TPSA) is 85.0 Å². The van der Waals surface area contributed by atoms with Crippen LogP contribution < -0.4 is 15.5 Å². The summed E-state index contributed by atoms with van der Waals surface area (Å²) in [7, 11) is 3.23. The van der Waals surface area contributed by atoms with Crippen LogP contribution in [0.4, 0.5) is 10.5 Å². The molecule has 8 nitrogen and oxygen atoms in total. The van der Waals surface area contributed by atoms with Crippen molar-refractivity contribution in [3.05, 3.63) is 65.2 Å². The second-order valence-corrected chi connectivity index (χ2v) is 10.6. The predicted octanol–water partition coefficient (Wildman–Crippen LogP) is 2.69. The minimum Gasteiger partial charge on any atom is -0.311 e. The van der Waals surface area contributed by atoms with Gasteiger partial charge in [-0.25, -0.2) is 4.79 Å². The van der Waals surface area contributed by atoms with Crippen molar-refractivity contribution in [3.8, 4) is 0 Å². The van der Waals surface area contributed by atoms with Crippen LogP contribution in [-0.2, 0) is 16.0 Å². The van der Waals surface area contributed by atoms with Crippen LogP contribution in [0.3, 0.4) is 0 Å². The maximum absolute atomic E-state index is 13.3. The van der Waals surface area contributed by atoms with Crippen LogP contribution in [0.1, 0.15) is 29.3 Å². The van der Waals surface area contributed by atoms with E-state index < -0.39 is 12.1 Å². The number of urea groups is 1. The molecule has 0 radical (unpaired) electrons. The van der Waals surface area contributed by atoms with Crippen molar-refractivity contribution >= 4 is 35.3 Å². The number of fused-ring (bicyclic) bond motifs is 2. The summed E-state index contributed by atoms with van der Waals surface area (Å²) in [5, 5.41) is 6.66. The molecule has 184 valence electrons. The summed E-state index contributed by atoms with van der Waals surface area (Å²) in [6.07, 6.45) is 1.19. The third kappa shape index (κ3) is 4.44. The monoisotopic (exact) mass is 493 g/mol. The number of hydrogen-bond donors (Lipinski definition) is 2. The molecule has 3 heterocycles. The van der Waals surface area contributed by atoms with Gasteiger partial charge in [0, 0.05) is 26.3 Å². The van der Waals surface area contributed by atoms with E-state index in [4.69, 9.17) is 0 Å². The zero-order valence-corrected chi connectivity index (χ0v) is 21.0. The lowest BCUT2D eigenvalue weighted by atomic mass is 9.96. The fraction of sp³-hybridized carbons (Fsp3) is 0.423. The number of hydrogen-bond acceptors (Lipinski definition) is 6. The fourth-order valence-electron chi connectivity index (χ4n) is 5.18. The average molecular weight is 494 g/mol. The van der Waals surface area contributed by atoms with Gasteiger partial charge in [-0.2, -0.15) is 0 Å². The minimum atomic E-state index is -0.518. The quantitative estimate of drug-likeness (QED) is 0.681. The van der Waals surface area contributed by atoms with E-state index in [1.165, 1.54) is 29.3 Å². The molecule has 2 saturated heterocycles. The van der Waals surface area contributed by atoms with Crippen molar-refractivity contribution in [2.24, 2.45) is 5.92 Å². The number of rotatable bonds is 4. The van der Waals surface area contributed by atoms with Crippen molar-refractivity contribution < 1.29 is 14.4 Å². The number of para-hydroxylation sites is 1. The molecule has 4 unspecified atom stereocenters. The van der Waals surface area contributed by atoms with Gasteiger partial charge in [-0.05, 0) is 37.0 Å². The number of nitrogens with one attached hydrogen (secondary N) is 2. The largest absolute Gasteiger partial charge is 0.327 e. The Balaban J connectivity index is 1.38. The summed E-state index contributed by atoms with van der Waals surface area (Å²) in [5.74, 6) is -0.485. The molecular formula is C26H31N5O3S. The molecule has 3 aliphatic heterocycles. The van der Waals surface area contributed by atoms with E-state index in [0.717, 1.165) is 29.7 Å². The van der Waals surface area contributed by atoms with Crippen molar-refractivity contribution in [2.75, 3.05) is 31.3 Å². The summed E-state index contributed by atoms with van der Waals surface area (Å²) >= 11 is 1.44. The van der Waals surface area contributed by atoms with Crippen LogP contribution in [0.2, 0.25) is 0 Å². The van der Waals surface area contributed by atoms with Crippen molar-refractivity contribution in [1.29, 1.82) is 0 Å². The molecular weight excluding hydrogens is 462 g/mol.